The molecule has 0 bridgehead atoms. The van der Waals surface area contributed by atoms with Gasteiger partial charge in [0.1, 0.15) is 6.33 Å². The summed E-state index contributed by atoms with van der Waals surface area (Å²) in [4.78, 5) is 23.4. The summed E-state index contributed by atoms with van der Waals surface area (Å²) in [5.74, 6) is 0.0219. The average molecular weight is 338 g/mol. The van der Waals surface area contributed by atoms with E-state index in [2.05, 4.69) is 32.3 Å². The monoisotopic (exact) mass is 338 g/mol. The van der Waals surface area contributed by atoms with E-state index in [1.165, 1.54) is 31.2 Å². The molecule has 1 aliphatic heterocycles. The van der Waals surface area contributed by atoms with Gasteiger partial charge in [-0.3, -0.25) is 9.69 Å². The van der Waals surface area contributed by atoms with Gasteiger partial charge >= 0.3 is 0 Å². The number of nitrogens with zero attached hydrogens (tertiary/aromatic N) is 3. The van der Waals surface area contributed by atoms with Gasteiger partial charge in [0.2, 0.25) is 0 Å². The highest BCUT2D eigenvalue weighted by Crippen LogP contribution is 2.19. The fourth-order valence-corrected chi connectivity index (χ4v) is 3.30. The van der Waals surface area contributed by atoms with Crippen molar-refractivity contribution in [2.24, 2.45) is 0 Å². The lowest BCUT2D eigenvalue weighted by atomic mass is 10.0. The first-order valence-electron chi connectivity index (χ1n) is 9.06. The first-order valence-corrected chi connectivity index (χ1v) is 9.06. The van der Waals surface area contributed by atoms with Gasteiger partial charge in [-0.05, 0) is 49.5 Å². The van der Waals surface area contributed by atoms with Crippen molar-refractivity contribution in [3.8, 4) is 0 Å². The summed E-state index contributed by atoms with van der Waals surface area (Å²) in [6.07, 6.45) is 6.98. The van der Waals surface area contributed by atoms with Crippen LogP contribution in [0.25, 0.3) is 0 Å². The Hall–Kier alpha value is -2.27. The molecule has 1 aliphatic rings. The van der Waals surface area contributed by atoms with Crippen LogP contribution in [-0.4, -0.2) is 33.9 Å². The van der Waals surface area contributed by atoms with Gasteiger partial charge in [0.15, 0.2) is 0 Å². The summed E-state index contributed by atoms with van der Waals surface area (Å²) in [6.45, 7) is 7.32. The molecule has 2 heterocycles. The maximum atomic E-state index is 12.6. The Morgan fingerprint density at radius 2 is 2.04 bits per heavy atom. The molecule has 1 aromatic heterocycles. The smallest absolute Gasteiger partial charge is 0.259 e. The second kappa shape index (κ2) is 8.21. The molecule has 0 spiro atoms. The highest BCUT2D eigenvalue weighted by atomic mass is 16.1. The average Bonchev–Trinajstić information content (AvgIpc) is 2.63. The van der Waals surface area contributed by atoms with E-state index in [1.807, 2.05) is 26.0 Å². The molecule has 0 unspecified atom stereocenters. The van der Waals surface area contributed by atoms with Crippen molar-refractivity contribution in [3.63, 3.8) is 0 Å². The minimum absolute atomic E-state index is 0.153. The molecule has 3 rings (SSSR count). The molecule has 1 saturated heterocycles. The van der Waals surface area contributed by atoms with Gasteiger partial charge in [-0.2, -0.15) is 0 Å². The molecular weight excluding hydrogens is 312 g/mol. The molecular formula is C20H26N4O. The van der Waals surface area contributed by atoms with Gasteiger partial charge in [0.25, 0.3) is 5.91 Å². The van der Waals surface area contributed by atoms with E-state index in [1.54, 1.807) is 6.20 Å². The lowest BCUT2D eigenvalue weighted by Crippen LogP contribution is -2.29. The van der Waals surface area contributed by atoms with Gasteiger partial charge in [0.05, 0.1) is 11.3 Å². The number of amides is 1. The second-order valence-corrected chi connectivity index (χ2v) is 6.97. The standard InChI is InChI=1S/C20H26N4O/c1-15(2)19-18(12-21-14-22-19)20(25)23-17-8-6-7-16(11-17)13-24-9-4-3-5-10-24/h6-8,11-12,14-15H,3-5,9-10,13H2,1-2H3,(H,23,25). The molecule has 0 radical (unpaired) electrons. The van der Waals surface area contributed by atoms with Gasteiger partial charge in [-0.15, -0.1) is 0 Å². The first-order chi connectivity index (χ1) is 12.1. The number of piperidine rings is 1. The lowest BCUT2D eigenvalue weighted by Gasteiger charge is -2.26. The Balaban J connectivity index is 1.70. The van der Waals surface area contributed by atoms with Crippen LogP contribution >= 0.6 is 0 Å². The fourth-order valence-electron chi connectivity index (χ4n) is 3.30. The summed E-state index contributed by atoms with van der Waals surface area (Å²) in [6, 6.07) is 8.11. The largest absolute Gasteiger partial charge is 0.322 e. The van der Waals surface area contributed by atoms with Gasteiger partial charge in [-0.25, -0.2) is 9.97 Å². The molecule has 25 heavy (non-hydrogen) atoms. The Bertz CT molecular complexity index is 723. The minimum Gasteiger partial charge on any atom is -0.322 e. The number of benzene rings is 1. The predicted molar refractivity (Wildman–Crippen MR) is 99.6 cm³/mol. The summed E-state index contributed by atoms with van der Waals surface area (Å²) in [5.41, 5.74) is 3.36. The minimum atomic E-state index is -0.153. The molecule has 5 heteroatoms. The third-order valence-electron chi connectivity index (χ3n) is 4.57. The number of nitrogens with one attached hydrogen (secondary N) is 1. The highest BCUT2D eigenvalue weighted by Gasteiger charge is 2.16. The lowest BCUT2D eigenvalue weighted by molar-refractivity contribution is 0.102. The van der Waals surface area contributed by atoms with Crippen LogP contribution in [0.4, 0.5) is 5.69 Å². The molecule has 0 aliphatic carbocycles. The van der Waals surface area contributed by atoms with Crippen molar-refractivity contribution in [1.82, 2.24) is 14.9 Å². The molecule has 132 valence electrons. The SMILES string of the molecule is CC(C)c1ncncc1C(=O)Nc1cccc(CN2CCCCC2)c1. The zero-order valence-corrected chi connectivity index (χ0v) is 15.0. The first kappa shape index (κ1) is 17.5. The molecule has 5 nitrogen and oxygen atoms in total. The number of hydrogen-bond acceptors (Lipinski definition) is 4. The third kappa shape index (κ3) is 4.63. The summed E-state index contributed by atoms with van der Waals surface area (Å²) < 4.78 is 0. The van der Waals surface area contributed by atoms with E-state index < -0.39 is 0 Å². The summed E-state index contributed by atoms with van der Waals surface area (Å²) in [5, 5.41) is 2.99. The van der Waals surface area contributed by atoms with Crippen molar-refractivity contribution in [2.45, 2.75) is 45.6 Å². The molecule has 0 atom stereocenters. The van der Waals surface area contributed by atoms with E-state index >= 15 is 0 Å². The van der Waals surface area contributed by atoms with E-state index in [4.69, 9.17) is 0 Å². The quantitative estimate of drug-likeness (QED) is 0.900. The van der Waals surface area contributed by atoms with E-state index in [-0.39, 0.29) is 11.8 Å². The fraction of sp³-hybridized carbons (Fsp3) is 0.450. The number of carbonyl (C=O) groups excluding carboxylic acids is 1. The molecule has 1 fully saturated rings. The van der Waals surface area contributed by atoms with Crippen molar-refractivity contribution in [3.05, 3.63) is 53.6 Å². The Morgan fingerprint density at radius 1 is 1.24 bits per heavy atom. The normalized spacial score (nSPS) is 15.3. The maximum absolute atomic E-state index is 12.6. The predicted octanol–water partition coefficient (Wildman–Crippen LogP) is 3.84. The van der Waals surface area contributed by atoms with Crippen LogP contribution in [0.5, 0.6) is 0 Å². The molecule has 1 amide bonds. The second-order valence-electron chi connectivity index (χ2n) is 6.97. The van der Waals surface area contributed by atoms with Crippen LogP contribution < -0.4 is 5.32 Å². The van der Waals surface area contributed by atoms with Crippen LogP contribution in [0, 0.1) is 0 Å². The third-order valence-corrected chi connectivity index (χ3v) is 4.57. The van der Waals surface area contributed by atoms with Crippen molar-refractivity contribution in [2.75, 3.05) is 18.4 Å². The molecule has 0 saturated carbocycles. The Morgan fingerprint density at radius 3 is 2.80 bits per heavy atom. The Kier molecular flexibility index (Phi) is 5.76. The topological polar surface area (TPSA) is 58.1 Å². The molecule has 1 aromatic carbocycles. The van der Waals surface area contributed by atoms with Crippen molar-refractivity contribution in [1.29, 1.82) is 0 Å². The van der Waals surface area contributed by atoms with Gasteiger partial charge in [0, 0.05) is 18.4 Å². The zero-order valence-electron chi connectivity index (χ0n) is 15.0. The zero-order chi connectivity index (χ0) is 17.6. The van der Waals surface area contributed by atoms with Crippen LogP contribution in [0.1, 0.15) is 60.6 Å². The van der Waals surface area contributed by atoms with Crippen molar-refractivity contribution >= 4 is 11.6 Å². The van der Waals surface area contributed by atoms with E-state index in [0.717, 1.165) is 31.0 Å². The van der Waals surface area contributed by atoms with Crippen molar-refractivity contribution < 1.29 is 4.79 Å². The molecule has 2 aromatic rings. The Labute approximate surface area is 149 Å². The van der Waals surface area contributed by atoms with Crippen LogP contribution in [0.2, 0.25) is 0 Å². The summed E-state index contributed by atoms with van der Waals surface area (Å²) >= 11 is 0. The number of aromatic nitrogens is 2. The maximum Gasteiger partial charge on any atom is 0.259 e. The van der Waals surface area contributed by atoms with E-state index in [0.29, 0.717) is 5.56 Å². The van der Waals surface area contributed by atoms with Crippen LogP contribution in [-0.2, 0) is 6.54 Å². The van der Waals surface area contributed by atoms with Gasteiger partial charge in [-0.1, -0.05) is 32.4 Å². The number of hydrogen-bond donors (Lipinski definition) is 1. The van der Waals surface area contributed by atoms with Crippen LogP contribution in [0.15, 0.2) is 36.8 Å². The van der Waals surface area contributed by atoms with Crippen LogP contribution in [0.3, 0.4) is 0 Å². The number of carbonyl (C=O) groups is 1. The summed E-state index contributed by atoms with van der Waals surface area (Å²) in [7, 11) is 0. The number of likely N-dealkylation sites (tertiary alicyclic amines) is 1. The highest BCUT2D eigenvalue weighted by molar-refractivity contribution is 6.04. The number of rotatable bonds is 5. The van der Waals surface area contributed by atoms with E-state index in [9.17, 15) is 4.79 Å². The molecule has 1 N–H and O–H groups in total. The van der Waals surface area contributed by atoms with Gasteiger partial charge < -0.3 is 5.32 Å². The number of anilines is 1.